The van der Waals surface area contributed by atoms with E-state index in [0.717, 1.165) is 38.4 Å². The number of hydrogen-bond acceptors (Lipinski definition) is 2. The number of nitrogens with zero attached hydrogens (tertiary/aromatic N) is 1. The highest BCUT2D eigenvalue weighted by molar-refractivity contribution is 5.39. The Morgan fingerprint density at radius 3 is 2.42 bits per heavy atom. The molecule has 0 aliphatic rings. The first-order valence-corrected chi connectivity index (χ1v) is 7.54. The Hall–Kier alpha value is -1.02. The monoisotopic (exact) mass is 263 g/mol. The SMILES string of the molecule is CCN(CC)CCCOc1cc(C)ccc1C(C)C. The van der Waals surface area contributed by atoms with Crippen molar-refractivity contribution >= 4 is 0 Å². The van der Waals surface area contributed by atoms with Crippen LogP contribution in [-0.4, -0.2) is 31.1 Å². The number of benzene rings is 1. The number of rotatable bonds is 8. The van der Waals surface area contributed by atoms with Crippen molar-refractivity contribution in [3.63, 3.8) is 0 Å². The van der Waals surface area contributed by atoms with Gasteiger partial charge in [0, 0.05) is 6.54 Å². The van der Waals surface area contributed by atoms with E-state index in [1.54, 1.807) is 0 Å². The van der Waals surface area contributed by atoms with Crippen molar-refractivity contribution < 1.29 is 4.74 Å². The molecule has 0 aromatic heterocycles. The molecular formula is C17H29NO. The van der Waals surface area contributed by atoms with Gasteiger partial charge in [0.15, 0.2) is 0 Å². The second-order valence-corrected chi connectivity index (χ2v) is 5.42. The maximum atomic E-state index is 5.99. The van der Waals surface area contributed by atoms with Gasteiger partial charge in [-0.15, -0.1) is 0 Å². The summed E-state index contributed by atoms with van der Waals surface area (Å²) in [7, 11) is 0. The van der Waals surface area contributed by atoms with Gasteiger partial charge in [-0.2, -0.15) is 0 Å². The van der Waals surface area contributed by atoms with Crippen molar-refractivity contribution in [1.29, 1.82) is 0 Å². The van der Waals surface area contributed by atoms with Gasteiger partial charge in [-0.05, 0) is 49.5 Å². The molecule has 1 aromatic rings. The quantitative estimate of drug-likeness (QED) is 0.651. The maximum Gasteiger partial charge on any atom is 0.122 e. The van der Waals surface area contributed by atoms with Gasteiger partial charge in [0.05, 0.1) is 6.61 Å². The first-order valence-electron chi connectivity index (χ1n) is 7.54. The van der Waals surface area contributed by atoms with Crippen LogP contribution in [-0.2, 0) is 0 Å². The van der Waals surface area contributed by atoms with E-state index in [9.17, 15) is 0 Å². The van der Waals surface area contributed by atoms with E-state index in [0.29, 0.717) is 5.92 Å². The first kappa shape index (κ1) is 16.0. The predicted octanol–water partition coefficient (Wildman–Crippen LogP) is 4.23. The topological polar surface area (TPSA) is 12.5 Å². The van der Waals surface area contributed by atoms with Gasteiger partial charge in [-0.1, -0.05) is 39.8 Å². The van der Waals surface area contributed by atoms with Crippen LogP contribution >= 0.6 is 0 Å². The van der Waals surface area contributed by atoms with E-state index in [4.69, 9.17) is 4.74 Å². The average Bonchev–Trinajstić information content (AvgIpc) is 2.38. The molecule has 0 radical (unpaired) electrons. The summed E-state index contributed by atoms with van der Waals surface area (Å²) in [6, 6.07) is 6.52. The predicted molar refractivity (Wildman–Crippen MR) is 83.2 cm³/mol. The van der Waals surface area contributed by atoms with Gasteiger partial charge >= 0.3 is 0 Å². The fraction of sp³-hybridized carbons (Fsp3) is 0.647. The molecule has 1 rings (SSSR count). The molecular weight excluding hydrogens is 234 g/mol. The van der Waals surface area contributed by atoms with Crippen LogP contribution in [0, 0.1) is 6.92 Å². The van der Waals surface area contributed by atoms with Gasteiger partial charge in [-0.25, -0.2) is 0 Å². The molecule has 0 spiro atoms. The van der Waals surface area contributed by atoms with Crippen molar-refractivity contribution in [3.05, 3.63) is 29.3 Å². The summed E-state index contributed by atoms with van der Waals surface area (Å²) < 4.78 is 5.99. The summed E-state index contributed by atoms with van der Waals surface area (Å²) in [5.41, 5.74) is 2.58. The molecule has 19 heavy (non-hydrogen) atoms. The summed E-state index contributed by atoms with van der Waals surface area (Å²) >= 11 is 0. The van der Waals surface area contributed by atoms with Crippen molar-refractivity contribution in [2.45, 2.75) is 47.0 Å². The molecule has 0 aliphatic carbocycles. The van der Waals surface area contributed by atoms with E-state index in [-0.39, 0.29) is 0 Å². The average molecular weight is 263 g/mol. The lowest BCUT2D eigenvalue weighted by Crippen LogP contribution is -2.25. The van der Waals surface area contributed by atoms with Gasteiger partial charge < -0.3 is 9.64 Å². The Morgan fingerprint density at radius 1 is 1.16 bits per heavy atom. The van der Waals surface area contributed by atoms with Gasteiger partial charge in [-0.3, -0.25) is 0 Å². The van der Waals surface area contributed by atoms with E-state index in [1.807, 2.05) is 0 Å². The minimum absolute atomic E-state index is 0.512. The van der Waals surface area contributed by atoms with Crippen LogP contribution in [0.5, 0.6) is 5.75 Å². The molecule has 2 nitrogen and oxygen atoms in total. The van der Waals surface area contributed by atoms with Crippen LogP contribution < -0.4 is 4.74 Å². The number of hydrogen-bond donors (Lipinski definition) is 0. The lowest BCUT2D eigenvalue weighted by Gasteiger charge is -2.19. The molecule has 0 unspecified atom stereocenters. The third-order valence-corrected chi connectivity index (χ3v) is 3.56. The molecule has 0 bridgehead atoms. The van der Waals surface area contributed by atoms with Crippen LogP contribution in [0.2, 0.25) is 0 Å². The van der Waals surface area contributed by atoms with Gasteiger partial charge in [0.2, 0.25) is 0 Å². The smallest absolute Gasteiger partial charge is 0.122 e. The molecule has 1 aromatic carbocycles. The summed E-state index contributed by atoms with van der Waals surface area (Å²) in [6.45, 7) is 15.1. The van der Waals surface area contributed by atoms with Crippen LogP contribution in [0.1, 0.15) is 51.2 Å². The van der Waals surface area contributed by atoms with E-state index < -0.39 is 0 Å². The van der Waals surface area contributed by atoms with Crippen molar-refractivity contribution in [3.8, 4) is 5.75 Å². The third kappa shape index (κ3) is 5.23. The fourth-order valence-electron chi connectivity index (χ4n) is 2.25. The standard InChI is InChI=1S/C17H29NO/c1-6-18(7-2)11-8-12-19-17-13-15(5)9-10-16(17)14(3)4/h9-10,13-14H,6-8,11-12H2,1-5H3. The Balaban J connectivity index is 2.50. The molecule has 0 atom stereocenters. The lowest BCUT2D eigenvalue weighted by atomic mass is 10.0. The molecule has 0 heterocycles. The Bertz CT molecular complexity index is 370. The van der Waals surface area contributed by atoms with E-state index in [2.05, 4.69) is 57.7 Å². The molecule has 0 N–H and O–H groups in total. The first-order chi connectivity index (χ1) is 9.08. The third-order valence-electron chi connectivity index (χ3n) is 3.56. The minimum atomic E-state index is 0.512. The minimum Gasteiger partial charge on any atom is -0.493 e. The van der Waals surface area contributed by atoms with Crippen LogP contribution in [0.25, 0.3) is 0 Å². The highest BCUT2D eigenvalue weighted by atomic mass is 16.5. The zero-order chi connectivity index (χ0) is 14.3. The molecule has 0 saturated carbocycles. The Kier molecular flexibility index (Phi) is 6.93. The second kappa shape index (κ2) is 8.21. The van der Waals surface area contributed by atoms with Crippen LogP contribution in [0.4, 0.5) is 0 Å². The zero-order valence-corrected chi connectivity index (χ0v) is 13.2. The van der Waals surface area contributed by atoms with E-state index in [1.165, 1.54) is 11.1 Å². The lowest BCUT2D eigenvalue weighted by molar-refractivity contribution is 0.247. The second-order valence-electron chi connectivity index (χ2n) is 5.42. The van der Waals surface area contributed by atoms with Gasteiger partial charge in [0.25, 0.3) is 0 Å². The van der Waals surface area contributed by atoms with E-state index >= 15 is 0 Å². The normalized spacial score (nSPS) is 11.3. The Morgan fingerprint density at radius 2 is 1.84 bits per heavy atom. The summed E-state index contributed by atoms with van der Waals surface area (Å²) in [5, 5.41) is 0. The molecule has 0 saturated heterocycles. The number of ether oxygens (including phenoxy) is 1. The van der Waals surface area contributed by atoms with Crippen LogP contribution in [0.15, 0.2) is 18.2 Å². The highest BCUT2D eigenvalue weighted by Gasteiger charge is 2.08. The van der Waals surface area contributed by atoms with Gasteiger partial charge in [0.1, 0.15) is 5.75 Å². The molecule has 0 aliphatic heterocycles. The van der Waals surface area contributed by atoms with Crippen molar-refractivity contribution in [1.82, 2.24) is 4.90 Å². The highest BCUT2D eigenvalue weighted by Crippen LogP contribution is 2.27. The Labute approximate surface area is 118 Å². The molecule has 0 fully saturated rings. The van der Waals surface area contributed by atoms with Crippen molar-refractivity contribution in [2.24, 2.45) is 0 Å². The summed E-state index contributed by atoms with van der Waals surface area (Å²) in [4.78, 5) is 2.43. The summed E-state index contributed by atoms with van der Waals surface area (Å²) in [6.07, 6.45) is 1.09. The zero-order valence-electron chi connectivity index (χ0n) is 13.2. The molecule has 108 valence electrons. The maximum absolute atomic E-state index is 5.99. The van der Waals surface area contributed by atoms with Crippen LogP contribution in [0.3, 0.4) is 0 Å². The molecule has 0 amide bonds. The molecule has 2 heteroatoms. The summed E-state index contributed by atoms with van der Waals surface area (Å²) in [5.74, 6) is 1.58. The fourth-order valence-corrected chi connectivity index (χ4v) is 2.25. The largest absolute Gasteiger partial charge is 0.493 e. The number of aryl methyl sites for hydroxylation is 1. The van der Waals surface area contributed by atoms with Crippen molar-refractivity contribution in [2.75, 3.05) is 26.2 Å².